The van der Waals surface area contributed by atoms with Gasteiger partial charge in [0.05, 0.1) is 25.4 Å². The van der Waals surface area contributed by atoms with E-state index >= 15 is 0 Å². The van der Waals surface area contributed by atoms with Gasteiger partial charge in [-0.1, -0.05) is 62.3 Å². The van der Waals surface area contributed by atoms with E-state index in [-0.39, 0.29) is 15.1 Å². The van der Waals surface area contributed by atoms with Crippen LogP contribution >= 0.6 is 0 Å². The van der Waals surface area contributed by atoms with Crippen molar-refractivity contribution in [1.82, 2.24) is 0 Å². The summed E-state index contributed by atoms with van der Waals surface area (Å²) in [6.45, 7) is 35.4. The third kappa shape index (κ3) is 8.50. The Hall–Kier alpha value is 0.491. The van der Waals surface area contributed by atoms with Crippen molar-refractivity contribution in [2.75, 3.05) is 19.8 Å². The van der Waals surface area contributed by atoms with Crippen LogP contribution in [0.15, 0.2) is 0 Å². The van der Waals surface area contributed by atoms with E-state index in [1.54, 1.807) is 0 Å². The van der Waals surface area contributed by atoms with Gasteiger partial charge >= 0.3 is 0 Å². The lowest BCUT2D eigenvalue weighted by Gasteiger charge is -2.44. The van der Waals surface area contributed by atoms with Crippen molar-refractivity contribution >= 4 is 25.0 Å². The molecular formula is C22H53NO3Si3. The van der Waals surface area contributed by atoms with Crippen LogP contribution in [0, 0.1) is 0 Å². The van der Waals surface area contributed by atoms with E-state index in [0.717, 1.165) is 0 Å². The van der Waals surface area contributed by atoms with Crippen LogP contribution in [0.25, 0.3) is 0 Å². The van der Waals surface area contributed by atoms with Gasteiger partial charge in [0.15, 0.2) is 25.0 Å². The molecular weight excluding hydrogens is 411 g/mol. The molecule has 7 heteroatoms. The van der Waals surface area contributed by atoms with E-state index in [9.17, 15) is 0 Å². The number of hydrogen-bond acceptors (Lipinski definition) is 4. The summed E-state index contributed by atoms with van der Waals surface area (Å²) in [6, 6.07) is 0. The molecule has 176 valence electrons. The summed E-state index contributed by atoms with van der Waals surface area (Å²) < 4.78 is 19.6. The van der Waals surface area contributed by atoms with Gasteiger partial charge in [0, 0.05) is 0 Å². The zero-order valence-electron chi connectivity index (χ0n) is 22.4. The second-order valence-electron chi connectivity index (χ2n) is 13.5. The smallest absolute Gasteiger partial charge is 0.192 e. The molecule has 0 fully saturated rings. The molecule has 0 amide bonds. The van der Waals surface area contributed by atoms with E-state index in [1.807, 2.05) is 0 Å². The molecule has 4 nitrogen and oxygen atoms in total. The maximum Gasteiger partial charge on any atom is 0.192 e. The first-order chi connectivity index (χ1) is 12.4. The molecule has 0 aliphatic rings. The highest BCUT2D eigenvalue weighted by Gasteiger charge is 2.44. The van der Waals surface area contributed by atoms with E-state index in [0.29, 0.717) is 19.8 Å². The fraction of sp³-hybridized carbons (Fsp3) is 1.00. The lowest BCUT2D eigenvalue weighted by atomic mass is 10.1. The van der Waals surface area contributed by atoms with E-state index < -0.39 is 30.5 Å². The summed E-state index contributed by atoms with van der Waals surface area (Å²) in [6.07, 6.45) is 0. The normalized spacial score (nSPS) is 15.7. The van der Waals surface area contributed by atoms with Crippen molar-refractivity contribution < 1.29 is 13.3 Å². The van der Waals surface area contributed by atoms with Gasteiger partial charge in [-0.15, -0.1) is 0 Å². The van der Waals surface area contributed by atoms with Gasteiger partial charge in [-0.25, -0.2) is 0 Å². The Morgan fingerprint density at radius 1 is 0.483 bits per heavy atom. The van der Waals surface area contributed by atoms with Gasteiger partial charge in [-0.3, -0.25) is 0 Å². The number of nitrogens with two attached hydrogens (primary N) is 1. The molecule has 0 aliphatic heterocycles. The fourth-order valence-electron chi connectivity index (χ4n) is 1.75. The third-order valence-corrected chi connectivity index (χ3v) is 21.0. The van der Waals surface area contributed by atoms with Crippen LogP contribution in [0.1, 0.15) is 62.3 Å². The Morgan fingerprint density at radius 3 is 0.793 bits per heavy atom. The van der Waals surface area contributed by atoms with Gasteiger partial charge in [0.25, 0.3) is 0 Å². The highest BCUT2D eigenvalue weighted by Crippen LogP contribution is 2.40. The lowest BCUT2D eigenvalue weighted by molar-refractivity contribution is 0.0808. The molecule has 0 saturated heterocycles. The van der Waals surface area contributed by atoms with E-state index in [2.05, 4.69) is 102 Å². The van der Waals surface area contributed by atoms with E-state index in [4.69, 9.17) is 19.0 Å². The second-order valence-corrected chi connectivity index (χ2v) is 27.9. The quantitative estimate of drug-likeness (QED) is 0.384. The first-order valence-corrected chi connectivity index (χ1v) is 19.8. The Bertz CT molecular complexity index is 453. The SMILES string of the molecule is CC(C)(C)[Si](C)(C)OCC(N)(CO[Si](C)(C)C(C)(C)C)CO[Si](C)(C)C(C)(C)C. The number of hydrogen-bond donors (Lipinski definition) is 1. The molecule has 0 unspecified atom stereocenters. The Balaban J connectivity index is 5.53. The van der Waals surface area contributed by atoms with Crippen molar-refractivity contribution in [2.24, 2.45) is 5.73 Å². The van der Waals surface area contributed by atoms with Crippen molar-refractivity contribution in [3.8, 4) is 0 Å². The van der Waals surface area contributed by atoms with Crippen molar-refractivity contribution in [2.45, 2.75) is 122 Å². The predicted octanol–water partition coefficient (Wildman–Crippen LogP) is 6.75. The summed E-state index contributed by atoms with van der Waals surface area (Å²) >= 11 is 0. The molecule has 0 heterocycles. The lowest BCUT2D eigenvalue weighted by Crippen LogP contribution is -2.60. The highest BCUT2D eigenvalue weighted by molar-refractivity contribution is 6.75. The van der Waals surface area contributed by atoms with Gasteiger partial charge in [-0.05, 0) is 54.4 Å². The maximum atomic E-state index is 6.94. The average Bonchev–Trinajstić information content (AvgIpc) is 2.46. The monoisotopic (exact) mass is 463 g/mol. The minimum Gasteiger partial charge on any atom is -0.415 e. The van der Waals surface area contributed by atoms with Crippen molar-refractivity contribution in [3.05, 3.63) is 0 Å². The molecule has 0 spiro atoms. The fourth-order valence-corrected chi connectivity index (χ4v) is 4.99. The van der Waals surface area contributed by atoms with Crippen LogP contribution < -0.4 is 5.73 Å². The molecule has 0 bridgehead atoms. The van der Waals surface area contributed by atoms with Gasteiger partial charge in [-0.2, -0.15) is 0 Å². The third-order valence-electron chi connectivity index (χ3n) is 7.58. The summed E-state index contributed by atoms with van der Waals surface area (Å²) in [5, 5.41) is 0.442. The van der Waals surface area contributed by atoms with Crippen LogP contribution in [0.3, 0.4) is 0 Å². The zero-order valence-corrected chi connectivity index (χ0v) is 25.4. The molecule has 0 atom stereocenters. The Kier molecular flexibility index (Phi) is 9.31. The summed E-state index contributed by atoms with van der Waals surface area (Å²) in [4.78, 5) is 0. The van der Waals surface area contributed by atoms with Gasteiger partial charge in [0.2, 0.25) is 0 Å². The first kappa shape index (κ1) is 29.5. The minimum atomic E-state index is -1.91. The van der Waals surface area contributed by atoms with Crippen LogP contribution in [0.4, 0.5) is 0 Å². The van der Waals surface area contributed by atoms with Gasteiger partial charge < -0.3 is 19.0 Å². The van der Waals surface area contributed by atoms with E-state index in [1.165, 1.54) is 0 Å². The molecule has 0 aromatic carbocycles. The summed E-state index contributed by atoms with van der Waals surface area (Å²) in [7, 11) is -5.72. The highest BCUT2D eigenvalue weighted by atomic mass is 28.4. The molecule has 0 rings (SSSR count). The van der Waals surface area contributed by atoms with Crippen LogP contribution in [0.2, 0.25) is 54.4 Å². The molecule has 0 radical (unpaired) electrons. The topological polar surface area (TPSA) is 53.7 Å². The zero-order chi connectivity index (χ0) is 23.7. The van der Waals surface area contributed by atoms with Crippen molar-refractivity contribution in [3.63, 3.8) is 0 Å². The average molecular weight is 464 g/mol. The summed E-state index contributed by atoms with van der Waals surface area (Å²) in [5.41, 5.74) is 6.30. The largest absolute Gasteiger partial charge is 0.415 e. The minimum absolute atomic E-state index is 0.147. The van der Waals surface area contributed by atoms with Crippen LogP contribution in [-0.4, -0.2) is 50.3 Å². The molecule has 0 saturated carbocycles. The maximum absolute atomic E-state index is 6.94. The molecule has 0 aromatic heterocycles. The summed E-state index contributed by atoms with van der Waals surface area (Å²) in [5.74, 6) is 0. The van der Waals surface area contributed by atoms with Gasteiger partial charge in [0.1, 0.15) is 0 Å². The van der Waals surface area contributed by atoms with Crippen molar-refractivity contribution in [1.29, 1.82) is 0 Å². The molecule has 29 heavy (non-hydrogen) atoms. The number of rotatable bonds is 9. The second kappa shape index (κ2) is 9.16. The Morgan fingerprint density at radius 2 is 0.655 bits per heavy atom. The van der Waals surface area contributed by atoms with Crippen LogP contribution in [-0.2, 0) is 13.3 Å². The Labute approximate surface area is 186 Å². The first-order valence-electron chi connectivity index (χ1n) is 11.1. The predicted molar refractivity (Wildman–Crippen MR) is 136 cm³/mol. The standard InChI is InChI=1S/C22H53NO3Si3/c1-19(2,3)27(10,11)24-16-22(23,17-25-28(12,13)20(4,5)6)18-26-29(14,15)21(7,8)9/h16-18,23H2,1-15H3. The molecule has 2 N–H and O–H groups in total. The molecule has 0 aromatic rings. The van der Waals surface area contributed by atoms with Crippen LogP contribution in [0.5, 0.6) is 0 Å². The molecule has 0 aliphatic carbocycles.